The van der Waals surface area contributed by atoms with Gasteiger partial charge >= 0.3 is 0 Å². The number of fused-ring (bicyclic) bond motifs is 2. The number of Topliss-reactive ketones (excluding diaryl/α,β-unsaturated/α-hetero) is 1. The fraction of sp³-hybridized carbons (Fsp3) is 0.611. The van der Waals surface area contributed by atoms with E-state index in [0.29, 0.717) is 29.7 Å². The molecule has 2 unspecified atom stereocenters. The number of hydrogen-bond acceptors (Lipinski definition) is 2. The maximum Gasteiger partial charge on any atom is 0.139 e. The zero-order chi connectivity index (χ0) is 13.5. The summed E-state index contributed by atoms with van der Waals surface area (Å²) in [5.41, 5.74) is 1.41. The van der Waals surface area contributed by atoms with Gasteiger partial charge in [0.1, 0.15) is 5.78 Å². The largest absolute Gasteiger partial charge is 0.299 e. The molecule has 2 heteroatoms. The minimum absolute atomic E-state index is 0.382. The standard InChI is InChI=1S/C18H23NO/c20-18(14-6-7-14)15-10-16-8-9-17(11-15)19(16)12-13-4-2-1-3-5-13/h1-5,14-17H,6-12H2. The van der Waals surface area contributed by atoms with Crippen molar-refractivity contribution >= 4 is 5.78 Å². The summed E-state index contributed by atoms with van der Waals surface area (Å²) < 4.78 is 0. The fourth-order valence-corrected chi connectivity index (χ4v) is 4.26. The molecule has 2 atom stereocenters. The van der Waals surface area contributed by atoms with Crippen molar-refractivity contribution in [3.05, 3.63) is 35.9 Å². The van der Waals surface area contributed by atoms with Crippen LogP contribution in [0.3, 0.4) is 0 Å². The Kier molecular flexibility index (Phi) is 3.14. The van der Waals surface area contributed by atoms with Crippen molar-refractivity contribution in [2.45, 2.75) is 57.2 Å². The van der Waals surface area contributed by atoms with Crippen molar-refractivity contribution in [2.24, 2.45) is 11.8 Å². The molecule has 2 aliphatic heterocycles. The van der Waals surface area contributed by atoms with Crippen molar-refractivity contribution < 1.29 is 4.79 Å². The van der Waals surface area contributed by atoms with E-state index in [1.165, 1.54) is 31.2 Å². The summed E-state index contributed by atoms with van der Waals surface area (Å²) in [7, 11) is 0. The Morgan fingerprint density at radius 3 is 2.20 bits per heavy atom. The molecule has 0 radical (unpaired) electrons. The second-order valence-electron chi connectivity index (χ2n) is 6.89. The molecule has 106 valence electrons. The summed E-state index contributed by atoms with van der Waals surface area (Å²) in [6, 6.07) is 12.1. The Balaban J connectivity index is 1.45. The number of piperidine rings is 1. The Bertz CT molecular complexity index is 479. The van der Waals surface area contributed by atoms with Gasteiger partial charge in [-0.3, -0.25) is 9.69 Å². The highest BCUT2D eigenvalue weighted by molar-refractivity contribution is 5.85. The van der Waals surface area contributed by atoms with Gasteiger partial charge in [-0.2, -0.15) is 0 Å². The minimum atomic E-state index is 0.382. The van der Waals surface area contributed by atoms with Crippen molar-refractivity contribution in [1.29, 1.82) is 0 Å². The van der Waals surface area contributed by atoms with Gasteiger partial charge in [0.15, 0.2) is 0 Å². The van der Waals surface area contributed by atoms with Crippen LogP contribution in [0.5, 0.6) is 0 Å². The molecule has 3 fully saturated rings. The van der Waals surface area contributed by atoms with E-state index in [1.54, 1.807) is 0 Å². The highest BCUT2D eigenvalue weighted by Crippen LogP contribution is 2.43. The lowest BCUT2D eigenvalue weighted by Crippen LogP contribution is -2.44. The second kappa shape index (κ2) is 5.00. The fourth-order valence-electron chi connectivity index (χ4n) is 4.26. The molecule has 20 heavy (non-hydrogen) atoms. The Hall–Kier alpha value is -1.15. The predicted octanol–water partition coefficient (Wildman–Crippen LogP) is 3.41. The molecule has 1 aromatic rings. The number of benzene rings is 1. The average molecular weight is 269 g/mol. The Morgan fingerprint density at radius 2 is 1.60 bits per heavy atom. The third-order valence-corrected chi connectivity index (χ3v) is 5.47. The lowest BCUT2D eigenvalue weighted by molar-refractivity contribution is -0.126. The molecular formula is C18H23NO. The summed E-state index contributed by atoms with van der Waals surface area (Å²) in [6.07, 6.45) is 7.17. The number of rotatable bonds is 4. The monoisotopic (exact) mass is 269 g/mol. The van der Waals surface area contributed by atoms with Crippen LogP contribution in [0, 0.1) is 11.8 Å². The topological polar surface area (TPSA) is 20.3 Å². The van der Waals surface area contributed by atoms with Crippen LogP contribution in [0.25, 0.3) is 0 Å². The van der Waals surface area contributed by atoms with E-state index >= 15 is 0 Å². The van der Waals surface area contributed by atoms with E-state index in [1.807, 2.05) is 0 Å². The van der Waals surface area contributed by atoms with Crippen LogP contribution >= 0.6 is 0 Å². The van der Waals surface area contributed by atoms with Crippen LogP contribution < -0.4 is 0 Å². The number of carbonyl (C=O) groups excluding carboxylic acids is 1. The van der Waals surface area contributed by atoms with Gasteiger partial charge in [-0.1, -0.05) is 30.3 Å². The van der Waals surface area contributed by atoms with Crippen LogP contribution in [-0.4, -0.2) is 22.8 Å². The summed E-state index contributed by atoms with van der Waals surface area (Å²) >= 11 is 0. The average Bonchev–Trinajstić information content (AvgIpc) is 3.29. The van der Waals surface area contributed by atoms with E-state index in [-0.39, 0.29) is 0 Å². The molecule has 0 N–H and O–H groups in total. The van der Waals surface area contributed by atoms with Gasteiger partial charge in [0.25, 0.3) is 0 Å². The first kappa shape index (κ1) is 12.6. The van der Waals surface area contributed by atoms with E-state index in [2.05, 4.69) is 35.2 Å². The van der Waals surface area contributed by atoms with Crippen LogP contribution in [0.4, 0.5) is 0 Å². The van der Waals surface area contributed by atoms with Gasteiger partial charge in [-0.15, -0.1) is 0 Å². The van der Waals surface area contributed by atoms with E-state index in [0.717, 1.165) is 19.4 Å². The molecule has 0 spiro atoms. The highest BCUT2D eigenvalue weighted by Gasteiger charge is 2.45. The lowest BCUT2D eigenvalue weighted by Gasteiger charge is -2.38. The second-order valence-corrected chi connectivity index (χ2v) is 6.89. The summed E-state index contributed by atoms with van der Waals surface area (Å²) in [4.78, 5) is 15.0. The number of nitrogens with zero attached hydrogens (tertiary/aromatic N) is 1. The molecule has 0 amide bonds. The minimum Gasteiger partial charge on any atom is -0.299 e. The summed E-state index contributed by atoms with van der Waals surface area (Å²) in [5.74, 6) is 1.42. The van der Waals surface area contributed by atoms with Crippen molar-refractivity contribution in [2.75, 3.05) is 0 Å². The van der Waals surface area contributed by atoms with Crippen molar-refractivity contribution in [1.82, 2.24) is 4.90 Å². The molecule has 1 aromatic carbocycles. The number of ketones is 1. The zero-order valence-corrected chi connectivity index (χ0v) is 12.0. The molecule has 2 nitrogen and oxygen atoms in total. The lowest BCUT2D eigenvalue weighted by atomic mass is 9.85. The first-order chi connectivity index (χ1) is 9.81. The molecule has 1 saturated carbocycles. The van der Waals surface area contributed by atoms with Crippen LogP contribution in [0.2, 0.25) is 0 Å². The highest BCUT2D eigenvalue weighted by atomic mass is 16.1. The SMILES string of the molecule is O=C(C1CC1)C1CC2CCC(C1)N2Cc1ccccc1. The van der Waals surface area contributed by atoms with E-state index < -0.39 is 0 Å². The maximum atomic E-state index is 12.3. The van der Waals surface area contributed by atoms with E-state index in [4.69, 9.17) is 0 Å². The molecule has 0 aromatic heterocycles. The predicted molar refractivity (Wildman–Crippen MR) is 79.3 cm³/mol. The van der Waals surface area contributed by atoms with E-state index in [9.17, 15) is 4.79 Å². The molecule has 2 heterocycles. The van der Waals surface area contributed by atoms with Crippen LogP contribution in [-0.2, 0) is 11.3 Å². The van der Waals surface area contributed by atoms with Crippen molar-refractivity contribution in [3.8, 4) is 0 Å². The Labute approximate surface area is 121 Å². The summed E-state index contributed by atoms with van der Waals surface area (Å²) in [6.45, 7) is 1.07. The van der Waals surface area contributed by atoms with Gasteiger partial charge in [0.05, 0.1) is 0 Å². The normalized spacial score (nSPS) is 33.3. The number of hydrogen-bond donors (Lipinski definition) is 0. The molecule has 1 aliphatic carbocycles. The molecule has 2 bridgehead atoms. The maximum absolute atomic E-state index is 12.3. The molecule has 3 aliphatic rings. The first-order valence-electron chi connectivity index (χ1n) is 8.14. The third kappa shape index (κ3) is 2.31. The van der Waals surface area contributed by atoms with Gasteiger partial charge in [0.2, 0.25) is 0 Å². The molecule has 4 rings (SSSR count). The van der Waals surface area contributed by atoms with Gasteiger partial charge in [-0.05, 0) is 44.1 Å². The third-order valence-electron chi connectivity index (χ3n) is 5.47. The molecule has 2 saturated heterocycles. The number of carbonyl (C=O) groups is 1. The first-order valence-corrected chi connectivity index (χ1v) is 8.14. The quantitative estimate of drug-likeness (QED) is 0.835. The van der Waals surface area contributed by atoms with Gasteiger partial charge in [0, 0.05) is 30.5 Å². The van der Waals surface area contributed by atoms with Crippen LogP contribution in [0.15, 0.2) is 30.3 Å². The smallest absolute Gasteiger partial charge is 0.139 e. The van der Waals surface area contributed by atoms with Gasteiger partial charge in [-0.25, -0.2) is 0 Å². The van der Waals surface area contributed by atoms with Crippen LogP contribution in [0.1, 0.15) is 44.1 Å². The van der Waals surface area contributed by atoms with Gasteiger partial charge < -0.3 is 0 Å². The van der Waals surface area contributed by atoms with Crippen molar-refractivity contribution in [3.63, 3.8) is 0 Å². The molecular weight excluding hydrogens is 246 g/mol. The Morgan fingerprint density at radius 1 is 0.950 bits per heavy atom. The zero-order valence-electron chi connectivity index (χ0n) is 12.0. The summed E-state index contributed by atoms with van der Waals surface area (Å²) in [5, 5.41) is 0.